The van der Waals surface area contributed by atoms with Gasteiger partial charge in [-0.1, -0.05) is 31.8 Å². The molecule has 2 amide bonds. The number of benzene rings is 1. The lowest BCUT2D eigenvalue weighted by Crippen LogP contribution is -2.38. The number of hydrogen-bond acceptors (Lipinski definition) is 3. The summed E-state index contributed by atoms with van der Waals surface area (Å²) < 4.78 is 8.10. The first-order chi connectivity index (χ1) is 14.3. The molecule has 0 spiro atoms. The van der Waals surface area contributed by atoms with E-state index in [0.717, 1.165) is 61.4 Å². The van der Waals surface area contributed by atoms with Gasteiger partial charge in [0.05, 0.1) is 17.9 Å². The number of piperidine rings is 1. The van der Waals surface area contributed by atoms with Gasteiger partial charge >= 0.3 is 6.03 Å². The average Bonchev–Trinajstić information content (AvgIpc) is 3.25. The maximum atomic E-state index is 12.8. The van der Waals surface area contributed by atoms with Crippen molar-refractivity contribution in [2.45, 2.75) is 64.6 Å². The number of aromatic nitrogens is 2. The lowest BCUT2D eigenvalue weighted by Gasteiger charge is -2.27. The molecule has 1 aromatic heterocycles. The van der Waals surface area contributed by atoms with Crippen LogP contribution in [0.1, 0.15) is 25.1 Å². The van der Waals surface area contributed by atoms with E-state index >= 15 is 0 Å². The first-order valence-corrected chi connectivity index (χ1v) is 14.8. The highest BCUT2D eigenvalue weighted by Crippen LogP contribution is 2.31. The summed E-state index contributed by atoms with van der Waals surface area (Å²) in [5.74, 6) is 0.952. The second-order valence-electron chi connectivity index (χ2n) is 9.75. The number of urea groups is 1. The Labute approximate surface area is 180 Å². The molecule has 0 N–H and O–H groups in total. The maximum absolute atomic E-state index is 12.8. The minimum absolute atomic E-state index is 0.157. The highest BCUT2D eigenvalue weighted by Gasteiger charge is 2.38. The van der Waals surface area contributed by atoms with Gasteiger partial charge in [-0.25, -0.2) is 9.78 Å². The van der Waals surface area contributed by atoms with Crippen LogP contribution in [0, 0.1) is 6.92 Å². The Balaban J connectivity index is 1.45. The van der Waals surface area contributed by atoms with Crippen LogP contribution in [0.25, 0.3) is 11.3 Å². The number of rotatable bonds is 7. The number of fused-ring (bicyclic) bond motifs is 1. The molecule has 0 unspecified atom stereocenters. The van der Waals surface area contributed by atoms with Crippen LogP contribution in [0.2, 0.25) is 25.7 Å². The minimum atomic E-state index is -1.09. The molecule has 2 saturated heterocycles. The molecule has 1 aromatic carbocycles. The van der Waals surface area contributed by atoms with Crippen LogP contribution in [0.3, 0.4) is 0 Å². The number of nitrogens with zero attached hydrogens (tertiary/aromatic N) is 4. The number of carbonyl (C=O) groups is 1. The maximum Gasteiger partial charge on any atom is 0.324 e. The SMILES string of the molecule is Cc1ncc(-c2ccc(N3C[C@@H]4CCCCN4C3=O)cc2)n1COCC[Si](C)(C)C. The fourth-order valence-corrected chi connectivity index (χ4v) is 5.07. The van der Waals surface area contributed by atoms with Gasteiger partial charge in [-0.2, -0.15) is 0 Å². The van der Waals surface area contributed by atoms with Crippen LogP contribution >= 0.6 is 0 Å². The van der Waals surface area contributed by atoms with Crippen molar-refractivity contribution >= 4 is 19.8 Å². The van der Waals surface area contributed by atoms with E-state index in [4.69, 9.17) is 4.74 Å². The molecule has 30 heavy (non-hydrogen) atoms. The normalized spacial score (nSPS) is 19.5. The minimum Gasteiger partial charge on any atom is -0.361 e. The van der Waals surface area contributed by atoms with Crippen LogP contribution in [-0.2, 0) is 11.5 Å². The van der Waals surface area contributed by atoms with Crippen molar-refractivity contribution in [1.82, 2.24) is 14.5 Å². The summed E-state index contributed by atoms with van der Waals surface area (Å²) in [5, 5.41) is 0. The quantitative estimate of drug-likeness (QED) is 0.464. The van der Waals surface area contributed by atoms with E-state index in [9.17, 15) is 4.79 Å². The predicted molar refractivity (Wildman–Crippen MR) is 124 cm³/mol. The van der Waals surface area contributed by atoms with Gasteiger partial charge in [0.2, 0.25) is 0 Å². The summed E-state index contributed by atoms with van der Waals surface area (Å²) in [5.41, 5.74) is 3.13. The molecule has 2 aromatic rings. The largest absolute Gasteiger partial charge is 0.361 e. The Morgan fingerprint density at radius 3 is 2.63 bits per heavy atom. The topological polar surface area (TPSA) is 50.6 Å². The summed E-state index contributed by atoms with van der Waals surface area (Å²) in [6.45, 7) is 12.1. The number of anilines is 1. The number of hydrogen-bond donors (Lipinski definition) is 0. The number of imidazole rings is 1. The van der Waals surface area contributed by atoms with Gasteiger partial charge in [0, 0.05) is 33.5 Å². The van der Waals surface area contributed by atoms with Crippen LogP contribution in [0.4, 0.5) is 10.5 Å². The molecule has 0 radical (unpaired) electrons. The summed E-state index contributed by atoms with van der Waals surface area (Å²) in [6.07, 6.45) is 5.38. The molecule has 2 aliphatic rings. The van der Waals surface area contributed by atoms with Gasteiger partial charge in [0.25, 0.3) is 0 Å². The van der Waals surface area contributed by atoms with Crippen LogP contribution in [-0.4, -0.2) is 54.3 Å². The summed E-state index contributed by atoms with van der Waals surface area (Å²) in [7, 11) is -1.09. The highest BCUT2D eigenvalue weighted by atomic mass is 28.3. The average molecular weight is 427 g/mol. The lowest BCUT2D eigenvalue weighted by atomic mass is 10.0. The summed E-state index contributed by atoms with van der Waals surface area (Å²) in [4.78, 5) is 21.3. The number of carbonyl (C=O) groups excluding carboxylic acids is 1. The van der Waals surface area contributed by atoms with Crippen LogP contribution in [0.15, 0.2) is 30.5 Å². The lowest BCUT2D eigenvalue weighted by molar-refractivity contribution is 0.0868. The third-order valence-electron chi connectivity index (χ3n) is 6.24. The molecule has 3 heterocycles. The predicted octanol–water partition coefficient (Wildman–Crippen LogP) is 4.97. The van der Waals surface area contributed by atoms with Gasteiger partial charge in [0.15, 0.2) is 0 Å². The molecule has 1 atom stereocenters. The highest BCUT2D eigenvalue weighted by molar-refractivity contribution is 6.76. The zero-order valence-corrected chi connectivity index (χ0v) is 19.7. The van der Waals surface area contributed by atoms with E-state index in [2.05, 4.69) is 53.5 Å². The molecular weight excluding hydrogens is 392 g/mol. The second-order valence-corrected chi connectivity index (χ2v) is 15.4. The smallest absolute Gasteiger partial charge is 0.324 e. The third kappa shape index (κ3) is 4.47. The van der Waals surface area contributed by atoms with Crippen LogP contribution < -0.4 is 4.90 Å². The molecule has 0 saturated carbocycles. The Bertz CT molecular complexity index is 888. The van der Waals surface area contributed by atoms with Crippen molar-refractivity contribution in [2.24, 2.45) is 0 Å². The van der Waals surface area contributed by atoms with E-state index in [1.54, 1.807) is 0 Å². The zero-order valence-electron chi connectivity index (χ0n) is 18.7. The number of ether oxygens (including phenoxy) is 1. The van der Waals surface area contributed by atoms with Crippen molar-refractivity contribution in [3.63, 3.8) is 0 Å². The molecule has 0 aliphatic carbocycles. The Hall–Kier alpha value is -2.12. The number of amides is 2. The molecule has 162 valence electrons. The Morgan fingerprint density at radius 2 is 1.93 bits per heavy atom. The van der Waals surface area contributed by atoms with Crippen molar-refractivity contribution in [2.75, 3.05) is 24.6 Å². The van der Waals surface area contributed by atoms with E-state index < -0.39 is 8.07 Å². The van der Waals surface area contributed by atoms with E-state index in [1.807, 2.05) is 22.9 Å². The Kier molecular flexibility index (Phi) is 6.02. The molecule has 0 bridgehead atoms. The van der Waals surface area contributed by atoms with Crippen molar-refractivity contribution in [1.29, 1.82) is 0 Å². The molecular formula is C23H34N4O2Si. The first kappa shape index (κ1) is 21.1. The molecule has 2 aliphatic heterocycles. The van der Waals surface area contributed by atoms with E-state index in [0.29, 0.717) is 12.8 Å². The first-order valence-electron chi connectivity index (χ1n) is 11.1. The van der Waals surface area contributed by atoms with Gasteiger partial charge < -0.3 is 14.2 Å². The summed E-state index contributed by atoms with van der Waals surface area (Å²) >= 11 is 0. The van der Waals surface area contributed by atoms with Crippen molar-refractivity contribution in [3.05, 3.63) is 36.3 Å². The fraction of sp³-hybridized carbons (Fsp3) is 0.565. The Morgan fingerprint density at radius 1 is 1.17 bits per heavy atom. The van der Waals surface area contributed by atoms with Gasteiger partial charge in [-0.15, -0.1) is 0 Å². The molecule has 6 nitrogen and oxygen atoms in total. The zero-order chi connectivity index (χ0) is 21.3. The fourth-order valence-electron chi connectivity index (χ4n) is 4.31. The third-order valence-corrected chi connectivity index (χ3v) is 7.95. The standard InChI is InChI=1S/C23H34N4O2Si/c1-18-24-15-22(27(18)17-29-13-14-30(2,3)4)19-8-10-20(11-9-19)26-16-21-7-5-6-12-25(21)23(26)28/h8-11,15,21H,5-7,12-14,16-17H2,1-4H3/t21-/m0/s1. The number of aryl methyl sites for hydroxylation is 1. The molecule has 4 rings (SSSR count). The monoisotopic (exact) mass is 426 g/mol. The second kappa shape index (κ2) is 8.55. The van der Waals surface area contributed by atoms with E-state index in [1.165, 1.54) is 6.42 Å². The summed E-state index contributed by atoms with van der Waals surface area (Å²) in [6, 6.07) is 10.00. The van der Waals surface area contributed by atoms with Crippen molar-refractivity contribution < 1.29 is 9.53 Å². The molecule has 7 heteroatoms. The van der Waals surface area contributed by atoms with Crippen molar-refractivity contribution in [3.8, 4) is 11.3 Å². The molecule has 2 fully saturated rings. The van der Waals surface area contributed by atoms with Gasteiger partial charge in [-0.3, -0.25) is 4.90 Å². The van der Waals surface area contributed by atoms with Gasteiger partial charge in [0.1, 0.15) is 12.6 Å². The van der Waals surface area contributed by atoms with Gasteiger partial charge in [-0.05, 0) is 49.9 Å². The van der Waals surface area contributed by atoms with E-state index in [-0.39, 0.29) is 6.03 Å². The van der Waals surface area contributed by atoms with Crippen LogP contribution in [0.5, 0.6) is 0 Å².